The van der Waals surface area contributed by atoms with Gasteiger partial charge in [-0.3, -0.25) is 0 Å². The molecule has 6 nitrogen and oxygen atoms in total. The van der Waals surface area contributed by atoms with E-state index in [1.165, 1.54) is 18.3 Å². The minimum atomic E-state index is -3.32. The summed E-state index contributed by atoms with van der Waals surface area (Å²) in [7, 11) is -3.32. The van der Waals surface area contributed by atoms with Gasteiger partial charge in [-0.2, -0.15) is 0 Å². The number of benzene rings is 1. The third-order valence-electron chi connectivity index (χ3n) is 3.85. The molecule has 0 saturated heterocycles. The molecule has 1 aliphatic heterocycles. The van der Waals surface area contributed by atoms with Gasteiger partial charge in [-0.1, -0.05) is 23.7 Å². The van der Waals surface area contributed by atoms with E-state index in [0.29, 0.717) is 22.0 Å². The largest absolute Gasteiger partial charge is 0.449 e. The molecule has 0 saturated carbocycles. The first-order chi connectivity index (χ1) is 12.1. The van der Waals surface area contributed by atoms with Crippen molar-refractivity contribution in [2.45, 2.75) is 24.3 Å². The summed E-state index contributed by atoms with van der Waals surface area (Å²) in [6, 6.07) is 9.35. The number of esters is 1. The lowest BCUT2D eigenvalue weighted by molar-refractivity contribution is -0.145. The zero-order chi connectivity index (χ0) is 19.1. The smallest absolute Gasteiger partial charge is 0.375 e. The van der Waals surface area contributed by atoms with Crippen LogP contribution in [0.3, 0.4) is 0 Å². The normalized spacial score (nSPS) is 16.5. The number of ether oxygens (including phenoxy) is 2. The van der Waals surface area contributed by atoms with E-state index < -0.39 is 21.4 Å². The molecule has 0 bridgehead atoms. The number of nitrogens with zero attached hydrogens (tertiary/aromatic N) is 1. The molecule has 0 aliphatic carbocycles. The second kappa shape index (κ2) is 6.41. The average Bonchev–Trinajstić information content (AvgIpc) is 2.77. The molecule has 0 radical (unpaired) electrons. The van der Waals surface area contributed by atoms with Crippen LogP contribution in [0, 0.1) is 0 Å². The molecule has 3 rings (SSSR count). The number of rotatable bonds is 4. The van der Waals surface area contributed by atoms with Gasteiger partial charge in [-0.05, 0) is 43.7 Å². The molecule has 136 valence electrons. The van der Waals surface area contributed by atoms with Crippen LogP contribution >= 0.6 is 11.6 Å². The van der Waals surface area contributed by atoms with E-state index in [9.17, 15) is 13.2 Å². The number of aromatic nitrogens is 1. The fourth-order valence-corrected chi connectivity index (χ4v) is 3.43. The molecular weight excluding hydrogens is 378 g/mol. The van der Waals surface area contributed by atoms with Gasteiger partial charge in [-0.15, -0.1) is 0 Å². The monoisotopic (exact) mass is 393 g/mol. The van der Waals surface area contributed by atoms with Crippen molar-refractivity contribution < 1.29 is 22.7 Å². The third-order valence-corrected chi connectivity index (χ3v) is 5.21. The van der Waals surface area contributed by atoms with Crippen molar-refractivity contribution >= 4 is 33.0 Å². The minimum absolute atomic E-state index is 0.0335. The maximum Gasteiger partial charge on any atom is 0.375 e. The second-order valence-electron chi connectivity index (χ2n) is 6.32. The van der Waals surface area contributed by atoms with Crippen molar-refractivity contribution in [3.05, 3.63) is 59.1 Å². The summed E-state index contributed by atoms with van der Waals surface area (Å²) >= 11 is 5.76. The lowest BCUT2D eigenvalue weighted by atomic mass is 9.92. The number of sulfone groups is 1. The van der Waals surface area contributed by atoms with Gasteiger partial charge in [0.2, 0.25) is 5.76 Å². The molecule has 0 unspecified atom stereocenters. The number of hydrogen-bond acceptors (Lipinski definition) is 6. The van der Waals surface area contributed by atoms with Crippen LogP contribution in [-0.4, -0.2) is 31.2 Å². The lowest BCUT2D eigenvalue weighted by Crippen LogP contribution is -2.22. The number of pyridine rings is 1. The van der Waals surface area contributed by atoms with Gasteiger partial charge >= 0.3 is 5.97 Å². The van der Waals surface area contributed by atoms with Crippen LogP contribution in [-0.2, 0) is 19.4 Å². The van der Waals surface area contributed by atoms with E-state index in [0.717, 1.165) is 6.26 Å². The molecule has 2 aromatic rings. The number of carbonyl (C=O) groups is 1. The van der Waals surface area contributed by atoms with Crippen molar-refractivity contribution in [1.82, 2.24) is 4.98 Å². The highest BCUT2D eigenvalue weighted by molar-refractivity contribution is 7.90. The van der Waals surface area contributed by atoms with E-state index in [1.54, 1.807) is 38.1 Å². The Kier molecular flexibility index (Phi) is 4.54. The Hall–Kier alpha value is -2.38. The summed E-state index contributed by atoms with van der Waals surface area (Å²) in [5.74, 6) is -0.234. The molecule has 1 aromatic heterocycles. The molecule has 1 aromatic carbocycles. The Morgan fingerprint density at radius 3 is 2.31 bits per heavy atom. The molecule has 0 fully saturated rings. The topological polar surface area (TPSA) is 82.6 Å². The molecule has 0 amide bonds. The Morgan fingerprint density at radius 2 is 1.77 bits per heavy atom. The predicted octanol–water partition coefficient (Wildman–Crippen LogP) is 3.26. The first-order valence-corrected chi connectivity index (χ1v) is 9.93. The zero-order valence-corrected chi connectivity index (χ0v) is 15.9. The molecule has 0 N–H and O–H groups in total. The maximum atomic E-state index is 12.3. The summed E-state index contributed by atoms with van der Waals surface area (Å²) in [6.07, 6.45) is 2.54. The van der Waals surface area contributed by atoms with E-state index >= 15 is 0 Å². The third kappa shape index (κ3) is 3.59. The second-order valence-corrected chi connectivity index (χ2v) is 8.72. The van der Waals surface area contributed by atoms with E-state index in [4.69, 9.17) is 21.1 Å². The minimum Gasteiger partial charge on any atom is -0.449 e. The van der Waals surface area contributed by atoms with Crippen molar-refractivity contribution in [3.63, 3.8) is 0 Å². The number of hydrogen-bond donors (Lipinski definition) is 0. The Bertz CT molecular complexity index is 993. The fourth-order valence-electron chi connectivity index (χ4n) is 2.69. The van der Waals surface area contributed by atoms with Crippen molar-refractivity contribution in [2.24, 2.45) is 0 Å². The van der Waals surface area contributed by atoms with Gasteiger partial charge in [0.1, 0.15) is 16.5 Å². The SMILES string of the molecule is CC1(C)OC(=O)C(Oc2ccc(Cl)nc2)=C1c1ccc(S(C)(=O)=O)cc1. The summed E-state index contributed by atoms with van der Waals surface area (Å²) < 4.78 is 34.4. The highest BCUT2D eigenvalue weighted by Gasteiger charge is 2.43. The van der Waals surface area contributed by atoms with Crippen molar-refractivity contribution in [1.29, 1.82) is 0 Å². The Balaban J connectivity index is 2.07. The standard InChI is InChI=1S/C18H16ClNO5S/c1-18(2)15(11-4-7-13(8-5-11)26(3,22)23)16(17(21)25-18)24-12-6-9-14(19)20-10-12/h4-10H,1-3H3. The Labute approximate surface area is 156 Å². The van der Waals surface area contributed by atoms with Crippen molar-refractivity contribution in [3.8, 4) is 5.75 Å². The van der Waals surface area contributed by atoms with Gasteiger partial charge in [0, 0.05) is 6.26 Å². The first kappa shape index (κ1) is 18.4. The van der Waals surface area contributed by atoms with Gasteiger partial charge in [0.05, 0.1) is 16.7 Å². The summed E-state index contributed by atoms with van der Waals surface area (Å²) in [5, 5.41) is 0.303. The van der Waals surface area contributed by atoms with Crippen LogP contribution in [0.2, 0.25) is 5.15 Å². The van der Waals surface area contributed by atoms with Gasteiger partial charge in [0.25, 0.3) is 0 Å². The van der Waals surface area contributed by atoms with Crippen LogP contribution in [0.15, 0.2) is 53.2 Å². The highest BCUT2D eigenvalue weighted by atomic mass is 35.5. The van der Waals surface area contributed by atoms with Crippen LogP contribution in [0.5, 0.6) is 5.75 Å². The highest BCUT2D eigenvalue weighted by Crippen LogP contribution is 2.40. The Morgan fingerprint density at radius 1 is 1.12 bits per heavy atom. The van der Waals surface area contributed by atoms with Crippen LogP contribution in [0.4, 0.5) is 0 Å². The summed E-state index contributed by atoms with van der Waals surface area (Å²) in [5.41, 5.74) is 0.224. The van der Waals surface area contributed by atoms with Gasteiger partial charge in [0.15, 0.2) is 9.84 Å². The van der Waals surface area contributed by atoms with Gasteiger partial charge < -0.3 is 9.47 Å². The van der Waals surface area contributed by atoms with E-state index in [-0.39, 0.29) is 10.7 Å². The number of halogens is 1. The van der Waals surface area contributed by atoms with Crippen LogP contribution in [0.1, 0.15) is 19.4 Å². The summed E-state index contributed by atoms with van der Waals surface area (Å²) in [6.45, 7) is 3.47. The van der Waals surface area contributed by atoms with Gasteiger partial charge in [-0.25, -0.2) is 18.2 Å². The molecule has 1 aliphatic rings. The van der Waals surface area contributed by atoms with Crippen molar-refractivity contribution in [2.75, 3.05) is 6.26 Å². The summed E-state index contributed by atoms with van der Waals surface area (Å²) in [4.78, 5) is 16.4. The molecule has 0 spiro atoms. The molecule has 0 atom stereocenters. The average molecular weight is 394 g/mol. The fraction of sp³-hybridized carbons (Fsp3) is 0.222. The zero-order valence-electron chi connectivity index (χ0n) is 14.3. The van der Waals surface area contributed by atoms with E-state index in [1.807, 2.05) is 0 Å². The molecule has 2 heterocycles. The molecule has 26 heavy (non-hydrogen) atoms. The predicted molar refractivity (Wildman–Crippen MR) is 96.5 cm³/mol. The number of carbonyl (C=O) groups excluding carboxylic acids is 1. The molecular formula is C18H16ClNO5S. The first-order valence-electron chi connectivity index (χ1n) is 7.66. The van der Waals surface area contributed by atoms with E-state index in [2.05, 4.69) is 4.98 Å². The number of cyclic esters (lactones) is 1. The molecule has 8 heteroatoms. The van der Waals surface area contributed by atoms with Crippen LogP contribution in [0.25, 0.3) is 5.57 Å². The maximum absolute atomic E-state index is 12.3. The lowest BCUT2D eigenvalue weighted by Gasteiger charge is -2.21. The van der Waals surface area contributed by atoms with Crippen LogP contribution < -0.4 is 4.74 Å². The quantitative estimate of drug-likeness (QED) is 0.585.